The van der Waals surface area contributed by atoms with E-state index in [4.69, 9.17) is 0 Å². The molecule has 1 fully saturated rings. The highest BCUT2D eigenvalue weighted by Crippen LogP contribution is 2.47. The van der Waals surface area contributed by atoms with E-state index in [9.17, 15) is 9.18 Å². The molecule has 0 saturated heterocycles. The number of hydrogen-bond acceptors (Lipinski definition) is 3. The highest BCUT2D eigenvalue weighted by atomic mass is 19.1. The first-order valence-corrected chi connectivity index (χ1v) is 8.87. The van der Waals surface area contributed by atoms with Crippen LogP contribution in [0.25, 0.3) is 0 Å². The van der Waals surface area contributed by atoms with E-state index in [1.165, 1.54) is 13.2 Å². The van der Waals surface area contributed by atoms with E-state index in [2.05, 4.69) is 20.4 Å². The number of carbonyl (C=O) groups is 1. The molecule has 0 unspecified atom stereocenters. The fourth-order valence-electron chi connectivity index (χ4n) is 2.89. The summed E-state index contributed by atoms with van der Waals surface area (Å²) in [5.74, 6) is 0.423. The third-order valence-corrected chi connectivity index (χ3v) is 4.69. The molecule has 0 heterocycles. The number of rotatable bonds is 9. The number of methoxy groups -OCH3 is 1. The molecule has 5 nitrogen and oxygen atoms in total. The van der Waals surface area contributed by atoms with Gasteiger partial charge in [-0.3, -0.25) is 9.79 Å². The van der Waals surface area contributed by atoms with Gasteiger partial charge < -0.3 is 15.4 Å². The van der Waals surface area contributed by atoms with Crippen molar-refractivity contribution >= 4 is 11.9 Å². The highest BCUT2D eigenvalue weighted by molar-refractivity contribution is 5.79. The van der Waals surface area contributed by atoms with Crippen LogP contribution in [-0.4, -0.2) is 39.2 Å². The molecule has 0 amide bonds. The standard InChI is InChI=1S/C19H28FN3O2/c1-21-18(22-12-5-3-4-9-17(24)25-2)23-14-19(10-11-19)15-7-6-8-16(20)13-15/h6-8,13H,3-5,9-12,14H2,1-2H3,(H2,21,22,23). The number of esters is 1. The van der Waals surface area contributed by atoms with Crippen molar-refractivity contribution in [2.45, 2.75) is 43.9 Å². The molecule has 2 rings (SSSR count). The van der Waals surface area contributed by atoms with Crippen molar-refractivity contribution in [3.63, 3.8) is 0 Å². The quantitative estimate of drug-likeness (QED) is 0.311. The summed E-state index contributed by atoms with van der Waals surface area (Å²) in [6, 6.07) is 6.88. The van der Waals surface area contributed by atoms with Crippen molar-refractivity contribution in [1.82, 2.24) is 10.6 Å². The first-order valence-electron chi connectivity index (χ1n) is 8.87. The average molecular weight is 349 g/mol. The Bertz CT molecular complexity index is 600. The lowest BCUT2D eigenvalue weighted by Gasteiger charge is -2.19. The van der Waals surface area contributed by atoms with Crippen LogP contribution in [0.15, 0.2) is 29.3 Å². The van der Waals surface area contributed by atoms with Crippen LogP contribution < -0.4 is 10.6 Å². The van der Waals surface area contributed by atoms with Crippen molar-refractivity contribution in [2.75, 3.05) is 27.2 Å². The van der Waals surface area contributed by atoms with Gasteiger partial charge in [0.05, 0.1) is 7.11 Å². The molecule has 25 heavy (non-hydrogen) atoms. The van der Waals surface area contributed by atoms with Gasteiger partial charge in [-0.25, -0.2) is 4.39 Å². The van der Waals surface area contributed by atoms with Crippen LogP contribution in [0.1, 0.15) is 44.1 Å². The molecule has 0 aromatic heterocycles. The highest BCUT2D eigenvalue weighted by Gasteiger charge is 2.44. The molecule has 0 atom stereocenters. The second-order valence-electron chi connectivity index (χ2n) is 6.53. The maximum atomic E-state index is 13.4. The summed E-state index contributed by atoms with van der Waals surface area (Å²) in [4.78, 5) is 15.3. The maximum Gasteiger partial charge on any atom is 0.305 e. The lowest BCUT2D eigenvalue weighted by Crippen LogP contribution is -2.41. The second kappa shape index (κ2) is 9.39. The third kappa shape index (κ3) is 6.03. The molecule has 0 aliphatic heterocycles. The SMILES string of the molecule is CN=C(NCCCCCC(=O)OC)NCC1(c2cccc(F)c2)CC1. The monoisotopic (exact) mass is 349 g/mol. The van der Waals surface area contributed by atoms with Gasteiger partial charge in [-0.05, 0) is 43.4 Å². The van der Waals surface area contributed by atoms with E-state index in [0.717, 1.165) is 56.7 Å². The number of ether oxygens (including phenoxy) is 1. The summed E-state index contributed by atoms with van der Waals surface area (Å²) in [5, 5.41) is 6.63. The first-order chi connectivity index (χ1) is 12.1. The number of aliphatic imine (C=N–C) groups is 1. The molecule has 6 heteroatoms. The Morgan fingerprint density at radius 3 is 2.72 bits per heavy atom. The number of nitrogens with one attached hydrogen (secondary N) is 2. The lowest BCUT2D eigenvalue weighted by molar-refractivity contribution is -0.140. The Morgan fingerprint density at radius 2 is 2.08 bits per heavy atom. The number of halogens is 1. The van der Waals surface area contributed by atoms with Gasteiger partial charge in [-0.15, -0.1) is 0 Å². The Balaban J connectivity index is 1.68. The Morgan fingerprint density at radius 1 is 1.28 bits per heavy atom. The van der Waals surface area contributed by atoms with Crippen LogP contribution in [0, 0.1) is 5.82 Å². The second-order valence-corrected chi connectivity index (χ2v) is 6.53. The zero-order valence-corrected chi connectivity index (χ0v) is 15.1. The molecule has 0 radical (unpaired) electrons. The molecule has 1 aromatic rings. The van der Waals surface area contributed by atoms with Crippen molar-refractivity contribution in [2.24, 2.45) is 4.99 Å². The van der Waals surface area contributed by atoms with Gasteiger partial charge in [0, 0.05) is 32.0 Å². The molecule has 0 bridgehead atoms. The van der Waals surface area contributed by atoms with E-state index < -0.39 is 0 Å². The smallest absolute Gasteiger partial charge is 0.305 e. The summed E-state index contributed by atoms with van der Waals surface area (Å²) < 4.78 is 18.1. The van der Waals surface area contributed by atoms with Crippen molar-refractivity contribution in [1.29, 1.82) is 0 Å². The molecular formula is C19H28FN3O2. The summed E-state index contributed by atoms with van der Waals surface area (Å²) >= 11 is 0. The van der Waals surface area contributed by atoms with Crippen LogP contribution in [0.3, 0.4) is 0 Å². The molecular weight excluding hydrogens is 321 g/mol. The minimum Gasteiger partial charge on any atom is -0.469 e. The number of guanidine groups is 1. The predicted molar refractivity (Wildman–Crippen MR) is 97.2 cm³/mol. The van der Waals surface area contributed by atoms with Crippen LogP contribution in [0.2, 0.25) is 0 Å². The molecule has 138 valence electrons. The van der Waals surface area contributed by atoms with Crippen LogP contribution in [0.5, 0.6) is 0 Å². The minimum absolute atomic E-state index is 0.0280. The number of unbranched alkanes of at least 4 members (excludes halogenated alkanes) is 2. The van der Waals surface area contributed by atoms with Crippen molar-refractivity contribution in [3.05, 3.63) is 35.6 Å². The average Bonchev–Trinajstić information content (AvgIpc) is 3.41. The largest absolute Gasteiger partial charge is 0.469 e. The number of carbonyl (C=O) groups excluding carboxylic acids is 1. The molecule has 1 aromatic carbocycles. The summed E-state index contributed by atoms with van der Waals surface area (Å²) in [7, 11) is 3.16. The number of nitrogens with zero attached hydrogens (tertiary/aromatic N) is 1. The summed E-state index contributed by atoms with van der Waals surface area (Å²) in [6.07, 6.45) is 5.36. The predicted octanol–water partition coefficient (Wildman–Crippen LogP) is 2.76. The topological polar surface area (TPSA) is 62.7 Å². The van der Waals surface area contributed by atoms with E-state index >= 15 is 0 Å². The van der Waals surface area contributed by atoms with Gasteiger partial charge in [-0.1, -0.05) is 18.6 Å². The van der Waals surface area contributed by atoms with Gasteiger partial charge in [0.2, 0.25) is 0 Å². The van der Waals surface area contributed by atoms with Crippen LogP contribution in [0.4, 0.5) is 4.39 Å². The van der Waals surface area contributed by atoms with Gasteiger partial charge in [0.25, 0.3) is 0 Å². The zero-order chi connectivity index (χ0) is 18.1. The Kier molecular flexibility index (Phi) is 7.22. The lowest BCUT2D eigenvalue weighted by atomic mass is 9.96. The van der Waals surface area contributed by atoms with E-state index in [-0.39, 0.29) is 17.2 Å². The fraction of sp³-hybridized carbons (Fsp3) is 0.579. The molecule has 0 spiro atoms. The number of benzene rings is 1. The van der Waals surface area contributed by atoms with E-state index in [1.54, 1.807) is 19.2 Å². The molecule has 1 saturated carbocycles. The number of hydrogen-bond donors (Lipinski definition) is 2. The van der Waals surface area contributed by atoms with Gasteiger partial charge >= 0.3 is 5.97 Å². The third-order valence-electron chi connectivity index (χ3n) is 4.69. The molecule has 1 aliphatic carbocycles. The van der Waals surface area contributed by atoms with Crippen LogP contribution in [-0.2, 0) is 14.9 Å². The van der Waals surface area contributed by atoms with Crippen LogP contribution >= 0.6 is 0 Å². The van der Waals surface area contributed by atoms with E-state index in [0.29, 0.717) is 6.42 Å². The van der Waals surface area contributed by atoms with E-state index in [1.807, 2.05) is 6.07 Å². The normalized spacial score (nSPS) is 15.6. The Labute approximate surface area is 149 Å². The fourth-order valence-corrected chi connectivity index (χ4v) is 2.89. The Hall–Kier alpha value is -2.11. The van der Waals surface area contributed by atoms with Crippen molar-refractivity contribution < 1.29 is 13.9 Å². The van der Waals surface area contributed by atoms with Gasteiger partial charge in [0.15, 0.2) is 5.96 Å². The minimum atomic E-state index is -0.182. The zero-order valence-electron chi connectivity index (χ0n) is 15.1. The summed E-state index contributed by atoms with van der Waals surface area (Å²) in [6.45, 7) is 1.55. The molecule has 2 N–H and O–H groups in total. The van der Waals surface area contributed by atoms with Crippen molar-refractivity contribution in [3.8, 4) is 0 Å². The van der Waals surface area contributed by atoms with Gasteiger partial charge in [-0.2, -0.15) is 0 Å². The summed E-state index contributed by atoms with van der Waals surface area (Å²) in [5.41, 5.74) is 1.08. The maximum absolute atomic E-state index is 13.4. The molecule has 1 aliphatic rings. The first kappa shape index (κ1) is 19.2. The van der Waals surface area contributed by atoms with Gasteiger partial charge in [0.1, 0.15) is 5.82 Å².